The summed E-state index contributed by atoms with van der Waals surface area (Å²) in [5.74, 6) is -0.362. The topological polar surface area (TPSA) is 85.1 Å². The van der Waals surface area contributed by atoms with E-state index in [0.717, 1.165) is 5.56 Å². The Kier molecular flexibility index (Phi) is 4.72. The van der Waals surface area contributed by atoms with Crippen molar-refractivity contribution in [2.45, 2.75) is 6.54 Å². The van der Waals surface area contributed by atoms with Gasteiger partial charge in [0.1, 0.15) is 5.15 Å². The maximum atomic E-state index is 11.9. The highest BCUT2D eigenvalue weighted by Crippen LogP contribution is 2.19. The average Bonchev–Trinajstić information content (AvgIpc) is 2.48. The third-order valence-electron chi connectivity index (χ3n) is 2.66. The van der Waals surface area contributed by atoms with E-state index in [9.17, 15) is 14.9 Å². The van der Waals surface area contributed by atoms with Crippen LogP contribution in [0.2, 0.25) is 10.2 Å². The van der Waals surface area contributed by atoms with Crippen molar-refractivity contribution in [3.63, 3.8) is 0 Å². The number of carbonyl (C=O) groups is 1. The minimum Gasteiger partial charge on any atom is -0.348 e. The third kappa shape index (κ3) is 3.90. The molecule has 1 amide bonds. The van der Waals surface area contributed by atoms with Crippen LogP contribution in [0.5, 0.6) is 0 Å². The van der Waals surface area contributed by atoms with E-state index in [1.54, 1.807) is 12.1 Å². The molecule has 0 bridgehead atoms. The summed E-state index contributed by atoms with van der Waals surface area (Å²) in [5, 5.41) is 13.5. The molecule has 1 N–H and O–H groups in total. The van der Waals surface area contributed by atoms with Crippen LogP contribution in [0.3, 0.4) is 0 Å². The molecule has 108 valence electrons. The summed E-state index contributed by atoms with van der Waals surface area (Å²) < 4.78 is 0. The minimum absolute atomic E-state index is 0.00115. The number of hydrogen-bond acceptors (Lipinski definition) is 4. The maximum absolute atomic E-state index is 11.9. The van der Waals surface area contributed by atoms with Gasteiger partial charge in [0, 0.05) is 24.9 Å². The fourth-order valence-corrected chi connectivity index (χ4v) is 1.84. The van der Waals surface area contributed by atoms with Gasteiger partial charge in [-0.15, -0.1) is 0 Å². The van der Waals surface area contributed by atoms with E-state index in [1.165, 1.54) is 24.4 Å². The highest BCUT2D eigenvalue weighted by Gasteiger charge is 2.09. The lowest BCUT2D eigenvalue weighted by Gasteiger charge is -2.06. The third-order valence-corrected chi connectivity index (χ3v) is 3.34. The lowest BCUT2D eigenvalue weighted by molar-refractivity contribution is -0.384. The van der Waals surface area contributed by atoms with Crippen molar-refractivity contribution in [2.24, 2.45) is 0 Å². The number of benzene rings is 1. The molecule has 0 aliphatic carbocycles. The molecule has 1 aromatic carbocycles. The number of halogens is 2. The van der Waals surface area contributed by atoms with Crippen molar-refractivity contribution < 1.29 is 9.72 Å². The summed E-state index contributed by atoms with van der Waals surface area (Å²) in [5.41, 5.74) is 1.02. The second-order valence-corrected chi connectivity index (χ2v) is 4.87. The Balaban J connectivity index is 2.00. The summed E-state index contributed by atoms with van der Waals surface area (Å²) >= 11 is 11.5. The zero-order chi connectivity index (χ0) is 15.4. The number of amides is 1. The van der Waals surface area contributed by atoms with Crippen molar-refractivity contribution in [1.82, 2.24) is 10.3 Å². The Hall–Kier alpha value is -2.18. The molecule has 2 aromatic rings. The first-order valence-corrected chi connectivity index (χ1v) is 6.55. The molecule has 0 aliphatic rings. The summed E-state index contributed by atoms with van der Waals surface area (Å²) in [6.07, 6.45) is 1.32. The Morgan fingerprint density at radius 2 is 1.95 bits per heavy atom. The van der Waals surface area contributed by atoms with Gasteiger partial charge in [-0.3, -0.25) is 14.9 Å². The first-order valence-electron chi connectivity index (χ1n) is 5.80. The quantitative estimate of drug-likeness (QED) is 0.531. The van der Waals surface area contributed by atoms with Crippen LogP contribution in [-0.4, -0.2) is 15.8 Å². The number of nitro benzene ring substituents is 1. The number of nitrogens with zero attached hydrogens (tertiary/aromatic N) is 2. The summed E-state index contributed by atoms with van der Waals surface area (Å²) in [6, 6.07) is 7.32. The molecule has 1 aromatic heterocycles. The molecule has 0 unspecified atom stereocenters. The van der Waals surface area contributed by atoms with Crippen molar-refractivity contribution in [2.75, 3.05) is 0 Å². The van der Waals surface area contributed by atoms with Gasteiger partial charge < -0.3 is 5.32 Å². The Labute approximate surface area is 129 Å². The average molecular weight is 326 g/mol. The zero-order valence-electron chi connectivity index (χ0n) is 10.5. The van der Waals surface area contributed by atoms with Gasteiger partial charge in [-0.2, -0.15) is 0 Å². The van der Waals surface area contributed by atoms with Crippen molar-refractivity contribution in [1.29, 1.82) is 0 Å². The van der Waals surface area contributed by atoms with Crippen molar-refractivity contribution in [3.8, 4) is 0 Å². The van der Waals surface area contributed by atoms with Gasteiger partial charge in [0.25, 0.3) is 11.6 Å². The van der Waals surface area contributed by atoms with E-state index in [-0.39, 0.29) is 33.9 Å². The van der Waals surface area contributed by atoms with Gasteiger partial charge in [0.05, 0.1) is 15.5 Å². The minimum atomic E-state index is -0.482. The fraction of sp³-hybridized carbons (Fsp3) is 0.0769. The van der Waals surface area contributed by atoms with Gasteiger partial charge >= 0.3 is 0 Å². The monoisotopic (exact) mass is 325 g/mol. The molecule has 2 rings (SSSR count). The highest BCUT2D eigenvalue weighted by atomic mass is 35.5. The lowest BCUT2D eigenvalue weighted by Crippen LogP contribution is -2.22. The van der Waals surface area contributed by atoms with Crippen LogP contribution in [-0.2, 0) is 6.54 Å². The molecule has 0 atom stereocenters. The highest BCUT2D eigenvalue weighted by molar-refractivity contribution is 6.41. The number of hydrogen-bond donors (Lipinski definition) is 1. The normalized spacial score (nSPS) is 10.2. The summed E-state index contributed by atoms with van der Waals surface area (Å²) in [4.78, 5) is 25.7. The van der Waals surface area contributed by atoms with E-state index in [4.69, 9.17) is 23.2 Å². The Bertz CT molecular complexity index is 690. The van der Waals surface area contributed by atoms with E-state index in [0.29, 0.717) is 0 Å². The van der Waals surface area contributed by atoms with Gasteiger partial charge in [0.2, 0.25) is 0 Å². The Morgan fingerprint density at radius 3 is 2.52 bits per heavy atom. The first kappa shape index (κ1) is 15.2. The summed E-state index contributed by atoms with van der Waals surface area (Å²) in [7, 11) is 0. The number of aromatic nitrogens is 1. The van der Waals surface area contributed by atoms with Gasteiger partial charge in [0.15, 0.2) is 0 Å². The second kappa shape index (κ2) is 6.51. The molecule has 6 nitrogen and oxygen atoms in total. The molecule has 21 heavy (non-hydrogen) atoms. The zero-order valence-corrected chi connectivity index (χ0v) is 12.1. The largest absolute Gasteiger partial charge is 0.348 e. The van der Waals surface area contributed by atoms with E-state index < -0.39 is 4.92 Å². The lowest BCUT2D eigenvalue weighted by atomic mass is 10.2. The molecular formula is C13H9Cl2N3O3. The molecule has 0 aliphatic heterocycles. The van der Waals surface area contributed by atoms with Gasteiger partial charge in [-0.25, -0.2) is 4.98 Å². The van der Waals surface area contributed by atoms with Crippen LogP contribution in [0.4, 0.5) is 5.69 Å². The number of nitro groups is 1. The predicted molar refractivity (Wildman–Crippen MR) is 78.5 cm³/mol. The SMILES string of the molecule is O=C(NCc1ccc([N+](=O)[O-])cc1)c1cnc(Cl)c(Cl)c1. The van der Waals surface area contributed by atoms with Crippen LogP contribution in [0.15, 0.2) is 36.5 Å². The van der Waals surface area contributed by atoms with Crippen LogP contribution < -0.4 is 5.32 Å². The van der Waals surface area contributed by atoms with Crippen LogP contribution in [0, 0.1) is 10.1 Å². The standard InChI is InChI=1S/C13H9Cl2N3O3/c14-11-5-9(7-16-12(11)15)13(19)17-6-8-1-3-10(4-2-8)18(20)21/h1-5,7H,6H2,(H,17,19). The predicted octanol–water partition coefficient (Wildman–Crippen LogP) is 3.23. The van der Waals surface area contributed by atoms with Crippen LogP contribution >= 0.6 is 23.2 Å². The van der Waals surface area contributed by atoms with E-state index in [2.05, 4.69) is 10.3 Å². The smallest absolute Gasteiger partial charge is 0.269 e. The van der Waals surface area contributed by atoms with Gasteiger partial charge in [-0.05, 0) is 11.6 Å². The number of rotatable bonds is 4. The first-order chi connectivity index (χ1) is 9.97. The van der Waals surface area contributed by atoms with Gasteiger partial charge in [-0.1, -0.05) is 35.3 Å². The number of non-ortho nitro benzene ring substituents is 1. The molecule has 0 spiro atoms. The number of nitrogens with one attached hydrogen (secondary N) is 1. The van der Waals surface area contributed by atoms with E-state index in [1.807, 2.05) is 0 Å². The Morgan fingerprint density at radius 1 is 1.29 bits per heavy atom. The molecule has 8 heteroatoms. The second-order valence-electron chi connectivity index (χ2n) is 4.10. The molecule has 0 saturated heterocycles. The summed E-state index contributed by atoms with van der Waals surface area (Å²) in [6.45, 7) is 0.233. The molecule has 1 heterocycles. The molecular weight excluding hydrogens is 317 g/mol. The fourth-order valence-electron chi connectivity index (χ4n) is 1.57. The van der Waals surface area contributed by atoms with Crippen molar-refractivity contribution in [3.05, 3.63) is 67.9 Å². The molecule has 0 fully saturated rings. The van der Waals surface area contributed by atoms with Crippen molar-refractivity contribution >= 4 is 34.8 Å². The maximum Gasteiger partial charge on any atom is 0.269 e. The van der Waals surface area contributed by atoms with E-state index >= 15 is 0 Å². The number of pyridine rings is 1. The van der Waals surface area contributed by atoms with Crippen LogP contribution in [0.25, 0.3) is 0 Å². The molecule has 0 radical (unpaired) electrons. The van der Waals surface area contributed by atoms with Crippen LogP contribution in [0.1, 0.15) is 15.9 Å². The molecule has 0 saturated carbocycles. The number of carbonyl (C=O) groups excluding carboxylic acids is 1.